The van der Waals surface area contributed by atoms with Crippen LogP contribution in [0.3, 0.4) is 0 Å². The van der Waals surface area contributed by atoms with Crippen LogP contribution >= 0.6 is 0 Å². The Kier molecular flexibility index (Phi) is 4.26. The van der Waals surface area contributed by atoms with Crippen molar-refractivity contribution in [3.63, 3.8) is 0 Å². The van der Waals surface area contributed by atoms with E-state index < -0.39 is 0 Å². The molecular weight excluding hydrogens is 220 g/mol. The van der Waals surface area contributed by atoms with E-state index in [0.717, 1.165) is 18.9 Å². The van der Waals surface area contributed by atoms with E-state index in [-0.39, 0.29) is 0 Å². The molecule has 2 heterocycles. The maximum Gasteiger partial charge on any atom is 0.0466 e. The van der Waals surface area contributed by atoms with Crippen molar-refractivity contribution >= 4 is 5.69 Å². The third-order valence-corrected chi connectivity index (χ3v) is 4.35. The topological polar surface area (TPSA) is 16.1 Å². The molecule has 1 aromatic heterocycles. The average molecular weight is 246 g/mol. The predicted octanol–water partition coefficient (Wildman–Crippen LogP) is 3.97. The van der Waals surface area contributed by atoms with E-state index >= 15 is 0 Å². The fourth-order valence-electron chi connectivity index (χ4n) is 3.27. The van der Waals surface area contributed by atoms with Gasteiger partial charge in [-0.05, 0) is 50.2 Å². The van der Waals surface area contributed by atoms with Gasteiger partial charge in [-0.15, -0.1) is 0 Å². The van der Waals surface area contributed by atoms with E-state index in [2.05, 4.69) is 50.0 Å². The fraction of sp³-hybridized carbons (Fsp3) is 0.688. The molecule has 0 aliphatic carbocycles. The highest BCUT2D eigenvalue weighted by Crippen LogP contribution is 2.36. The molecule has 18 heavy (non-hydrogen) atoms. The standard InChI is InChI=1S/C16H26N2/c1-5-13-10-17-11-14(6-2)16(13)18-12(4)8-9-15(18)7-3/h10-12,15H,5-9H2,1-4H3. The second kappa shape index (κ2) is 5.73. The first-order chi connectivity index (χ1) is 8.72. The summed E-state index contributed by atoms with van der Waals surface area (Å²) in [5.41, 5.74) is 4.33. The van der Waals surface area contributed by atoms with Crippen molar-refractivity contribution in [2.75, 3.05) is 4.90 Å². The first-order valence-electron chi connectivity index (χ1n) is 7.46. The van der Waals surface area contributed by atoms with Crippen LogP contribution in [-0.2, 0) is 12.8 Å². The zero-order valence-corrected chi connectivity index (χ0v) is 12.2. The van der Waals surface area contributed by atoms with Gasteiger partial charge in [0.05, 0.1) is 0 Å². The highest BCUT2D eigenvalue weighted by Gasteiger charge is 2.31. The van der Waals surface area contributed by atoms with Crippen LogP contribution in [-0.4, -0.2) is 17.1 Å². The highest BCUT2D eigenvalue weighted by atomic mass is 15.2. The molecule has 0 aromatic carbocycles. The third-order valence-electron chi connectivity index (χ3n) is 4.35. The van der Waals surface area contributed by atoms with Crippen molar-refractivity contribution in [3.05, 3.63) is 23.5 Å². The van der Waals surface area contributed by atoms with Gasteiger partial charge < -0.3 is 4.90 Å². The predicted molar refractivity (Wildman–Crippen MR) is 78.2 cm³/mol. The minimum absolute atomic E-state index is 0.674. The summed E-state index contributed by atoms with van der Waals surface area (Å²) >= 11 is 0. The second-order valence-corrected chi connectivity index (χ2v) is 5.41. The molecule has 0 radical (unpaired) electrons. The molecule has 0 N–H and O–H groups in total. The average Bonchev–Trinajstić information content (AvgIpc) is 2.78. The lowest BCUT2D eigenvalue weighted by Gasteiger charge is -2.33. The summed E-state index contributed by atoms with van der Waals surface area (Å²) in [6, 6.07) is 1.39. The molecule has 1 fully saturated rings. The van der Waals surface area contributed by atoms with E-state index in [1.165, 1.54) is 36.1 Å². The number of aryl methyl sites for hydroxylation is 2. The summed E-state index contributed by atoms with van der Waals surface area (Å²) in [7, 11) is 0. The quantitative estimate of drug-likeness (QED) is 0.799. The van der Waals surface area contributed by atoms with Crippen LogP contribution in [0.25, 0.3) is 0 Å². The maximum absolute atomic E-state index is 4.41. The smallest absolute Gasteiger partial charge is 0.0466 e. The summed E-state index contributed by atoms with van der Waals surface area (Å²) in [4.78, 5) is 7.09. The van der Waals surface area contributed by atoms with Gasteiger partial charge in [0.25, 0.3) is 0 Å². The number of nitrogens with zero attached hydrogens (tertiary/aromatic N) is 2. The number of aromatic nitrogens is 1. The molecule has 1 aliphatic rings. The zero-order chi connectivity index (χ0) is 13.1. The number of pyridine rings is 1. The van der Waals surface area contributed by atoms with Gasteiger partial charge >= 0.3 is 0 Å². The Morgan fingerprint density at radius 3 is 2.22 bits per heavy atom. The van der Waals surface area contributed by atoms with Gasteiger partial charge in [-0.3, -0.25) is 4.98 Å². The summed E-state index contributed by atoms with van der Waals surface area (Å²) in [6.45, 7) is 9.16. The summed E-state index contributed by atoms with van der Waals surface area (Å²) < 4.78 is 0. The van der Waals surface area contributed by atoms with Crippen LogP contribution in [0, 0.1) is 0 Å². The molecule has 1 aromatic rings. The largest absolute Gasteiger partial charge is 0.365 e. The molecule has 2 heteroatoms. The van der Waals surface area contributed by atoms with Crippen molar-refractivity contribution < 1.29 is 0 Å². The van der Waals surface area contributed by atoms with Gasteiger partial charge in [0.1, 0.15) is 0 Å². The van der Waals surface area contributed by atoms with E-state index in [0.29, 0.717) is 6.04 Å². The van der Waals surface area contributed by atoms with Gasteiger partial charge in [-0.25, -0.2) is 0 Å². The van der Waals surface area contributed by atoms with Gasteiger partial charge in [-0.1, -0.05) is 20.8 Å². The van der Waals surface area contributed by atoms with E-state index in [9.17, 15) is 0 Å². The Balaban J connectivity index is 2.47. The molecule has 1 saturated heterocycles. The second-order valence-electron chi connectivity index (χ2n) is 5.41. The lowest BCUT2D eigenvalue weighted by molar-refractivity contribution is 0.622. The number of rotatable bonds is 4. The molecular formula is C16H26N2. The highest BCUT2D eigenvalue weighted by molar-refractivity contribution is 5.60. The van der Waals surface area contributed by atoms with Gasteiger partial charge in [0.15, 0.2) is 0 Å². The van der Waals surface area contributed by atoms with Crippen LogP contribution in [0.5, 0.6) is 0 Å². The molecule has 0 amide bonds. The minimum atomic E-state index is 0.674. The van der Waals surface area contributed by atoms with Crippen LogP contribution in [0.4, 0.5) is 5.69 Å². The summed E-state index contributed by atoms with van der Waals surface area (Å²) in [5.74, 6) is 0. The molecule has 0 spiro atoms. The van der Waals surface area contributed by atoms with Gasteiger partial charge in [-0.2, -0.15) is 0 Å². The monoisotopic (exact) mass is 246 g/mol. The van der Waals surface area contributed by atoms with E-state index in [1.807, 2.05) is 0 Å². The van der Waals surface area contributed by atoms with E-state index in [1.54, 1.807) is 0 Å². The number of anilines is 1. The molecule has 100 valence electrons. The summed E-state index contributed by atoms with van der Waals surface area (Å²) in [5, 5.41) is 0. The van der Waals surface area contributed by atoms with Crippen LogP contribution in [0.2, 0.25) is 0 Å². The molecule has 2 unspecified atom stereocenters. The lowest BCUT2D eigenvalue weighted by Crippen LogP contribution is -2.35. The SMILES string of the molecule is CCc1cncc(CC)c1N1C(C)CCC1CC. The zero-order valence-electron chi connectivity index (χ0n) is 12.2. The van der Waals surface area contributed by atoms with Crippen LogP contribution in [0.15, 0.2) is 12.4 Å². The molecule has 2 rings (SSSR count). The Morgan fingerprint density at radius 2 is 1.72 bits per heavy atom. The Hall–Kier alpha value is -1.05. The van der Waals surface area contributed by atoms with Crippen LogP contribution < -0.4 is 4.90 Å². The first kappa shape index (κ1) is 13.4. The number of hydrogen-bond donors (Lipinski definition) is 0. The van der Waals surface area contributed by atoms with E-state index in [4.69, 9.17) is 0 Å². The molecule has 0 bridgehead atoms. The molecule has 2 atom stereocenters. The Labute approximate surface area is 111 Å². The Bertz CT molecular complexity index is 378. The summed E-state index contributed by atoms with van der Waals surface area (Å²) in [6.07, 6.45) is 10.2. The minimum Gasteiger partial charge on any atom is -0.365 e. The van der Waals surface area contributed by atoms with Crippen molar-refractivity contribution in [1.82, 2.24) is 4.98 Å². The van der Waals surface area contributed by atoms with Crippen LogP contribution in [0.1, 0.15) is 58.1 Å². The van der Waals surface area contributed by atoms with Gasteiger partial charge in [0.2, 0.25) is 0 Å². The maximum atomic E-state index is 4.41. The molecule has 2 nitrogen and oxygen atoms in total. The molecule has 1 aliphatic heterocycles. The third kappa shape index (κ3) is 2.25. The van der Waals surface area contributed by atoms with Crippen molar-refractivity contribution in [2.45, 2.75) is 71.9 Å². The Morgan fingerprint density at radius 1 is 1.11 bits per heavy atom. The fourth-order valence-corrected chi connectivity index (χ4v) is 3.27. The van der Waals surface area contributed by atoms with Crippen molar-refractivity contribution in [1.29, 1.82) is 0 Å². The van der Waals surface area contributed by atoms with Crippen molar-refractivity contribution in [2.24, 2.45) is 0 Å². The molecule has 0 saturated carbocycles. The lowest BCUT2D eigenvalue weighted by atomic mass is 10.0. The normalized spacial score (nSPS) is 23.7. The first-order valence-corrected chi connectivity index (χ1v) is 7.46. The van der Waals surface area contributed by atoms with Crippen molar-refractivity contribution in [3.8, 4) is 0 Å². The number of hydrogen-bond acceptors (Lipinski definition) is 2. The van der Waals surface area contributed by atoms with Gasteiger partial charge in [0, 0.05) is 30.2 Å².